The number of carbonyl (C=O) groups is 3. The summed E-state index contributed by atoms with van der Waals surface area (Å²) in [4.78, 5) is 36.5. The molecule has 37 heavy (non-hydrogen) atoms. The molecule has 3 amide bonds. The van der Waals surface area contributed by atoms with Gasteiger partial charge in [0.1, 0.15) is 17.5 Å². The Morgan fingerprint density at radius 3 is 2.08 bits per heavy atom. The summed E-state index contributed by atoms with van der Waals surface area (Å²) < 4.78 is 5.13. The normalized spacial score (nSPS) is 11.4. The van der Waals surface area contributed by atoms with Gasteiger partial charge in [0.05, 0.1) is 0 Å². The molecule has 188 valence electrons. The average Bonchev–Trinajstić information content (AvgIpc) is 3.37. The first-order valence-electron chi connectivity index (χ1n) is 11.3. The summed E-state index contributed by atoms with van der Waals surface area (Å²) in [5.74, 6) is -2.03. The maximum absolute atomic E-state index is 12.6. The summed E-state index contributed by atoms with van der Waals surface area (Å²) in [5.41, 5.74) is 3.93. The van der Waals surface area contributed by atoms with Gasteiger partial charge in [0, 0.05) is 29.4 Å². The first-order valence-corrected chi connectivity index (χ1v) is 11.3. The standard InChI is InChI=1S/C27H24N4O6/c1-16-2-8-19(9-3-16)28-27(36)29-20-10-6-18(7-11-20)22-15-24(37-31-22)25(33)30-23(26(34)35)14-17-4-12-21(32)13-5-17/h2-13,15,23,32H,14H2,1H3,(H,30,33)(H,34,35)(H2,28,29,36). The highest BCUT2D eigenvalue weighted by molar-refractivity contribution is 6.00. The van der Waals surface area contributed by atoms with Gasteiger partial charge in [-0.15, -0.1) is 0 Å². The lowest BCUT2D eigenvalue weighted by Crippen LogP contribution is -2.42. The number of urea groups is 1. The van der Waals surface area contributed by atoms with Crippen molar-refractivity contribution in [1.29, 1.82) is 0 Å². The van der Waals surface area contributed by atoms with Crippen LogP contribution < -0.4 is 16.0 Å². The van der Waals surface area contributed by atoms with E-state index in [1.54, 1.807) is 36.4 Å². The quantitative estimate of drug-likeness (QED) is 0.240. The number of rotatable bonds is 8. The van der Waals surface area contributed by atoms with Crippen LogP contribution >= 0.6 is 0 Å². The molecular weight excluding hydrogens is 476 g/mol. The van der Waals surface area contributed by atoms with Gasteiger partial charge in [-0.2, -0.15) is 0 Å². The van der Waals surface area contributed by atoms with Crippen molar-refractivity contribution in [2.75, 3.05) is 10.6 Å². The molecule has 0 saturated heterocycles. The SMILES string of the molecule is Cc1ccc(NC(=O)Nc2ccc(-c3cc(C(=O)NC(Cc4ccc(O)cc4)C(=O)O)on3)cc2)cc1. The number of hydrogen-bond donors (Lipinski definition) is 5. The third-order valence-electron chi connectivity index (χ3n) is 5.46. The van der Waals surface area contributed by atoms with E-state index in [1.165, 1.54) is 18.2 Å². The first-order chi connectivity index (χ1) is 17.8. The Morgan fingerprint density at radius 1 is 0.892 bits per heavy atom. The monoisotopic (exact) mass is 500 g/mol. The molecule has 3 aromatic carbocycles. The van der Waals surface area contributed by atoms with Crippen LogP contribution in [0, 0.1) is 6.92 Å². The van der Waals surface area contributed by atoms with Crippen molar-refractivity contribution in [2.45, 2.75) is 19.4 Å². The fourth-order valence-corrected chi connectivity index (χ4v) is 3.47. The van der Waals surface area contributed by atoms with Crippen LogP contribution in [0.3, 0.4) is 0 Å². The fraction of sp³-hybridized carbons (Fsp3) is 0.111. The highest BCUT2D eigenvalue weighted by Crippen LogP contribution is 2.22. The number of phenolic OH excluding ortho intramolecular Hbond substituents is 1. The first kappa shape index (κ1) is 25.0. The van der Waals surface area contributed by atoms with Crippen LogP contribution in [-0.4, -0.2) is 39.3 Å². The smallest absolute Gasteiger partial charge is 0.326 e. The number of carboxylic acid groups (broad SMARTS) is 1. The number of aryl methyl sites for hydroxylation is 1. The van der Waals surface area contributed by atoms with Gasteiger partial charge in [0.25, 0.3) is 5.91 Å². The summed E-state index contributed by atoms with van der Waals surface area (Å²) in [5, 5.41) is 30.7. The molecule has 0 aliphatic carbocycles. The number of nitrogens with zero attached hydrogens (tertiary/aromatic N) is 1. The second-order valence-corrected chi connectivity index (χ2v) is 8.33. The molecule has 0 radical (unpaired) electrons. The molecule has 1 atom stereocenters. The Hall–Kier alpha value is -5.12. The molecule has 10 heteroatoms. The Balaban J connectivity index is 1.36. The van der Waals surface area contributed by atoms with Crippen LogP contribution in [0.1, 0.15) is 21.7 Å². The number of anilines is 2. The molecule has 0 bridgehead atoms. The largest absolute Gasteiger partial charge is 0.508 e. The molecule has 0 saturated carbocycles. The van der Waals surface area contributed by atoms with Gasteiger partial charge >= 0.3 is 12.0 Å². The van der Waals surface area contributed by atoms with Crippen LogP contribution in [0.5, 0.6) is 5.75 Å². The Labute approximate surface area is 211 Å². The molecule has 0 fully saturated rings. The highest BCUT2D eigenvalue weighted by Gasteiger charge is 2.23. The molecule has 1 heterocycles. The highest BCUT2D eigenvalue weighted by atomic mass is 16.5. The van der Waals surface area contributed by atoms with E-state index in [0.717, 1.165) is 5.56 Å². The Morgan fingerprint density at radius 2 is 1.49 bits per heavy atom. The molecule has 1 aromatic heterocycles. The number of hydrogen-bond acceptors (Lipinski definition) is 6. The number of amides is 3. The second-order valence-electron chi connectivity index (χ2n) is 8.33. The van der Waals surface area contributed by atoms with Crippen LogP contribution in [0.15, 0.2) is 83.4 Å². The lowest BCUT2D eigenvalue weighted by Gasteiger charge is -2.13. The third-order valence-corrected chi connectivity index (χ3v) is 5.46. The van der Waals surface area contributed by atoms with Gasteiger partial charge in [-0.3, -0.25) is 4.79 Å². The lowest BCUT2D eigenvalue weighted by atomic mass is 10.1. The maximum atomic E-state index is 12.6. The minimum absolute atomic E-state index is 0.0221. The van der Waals surface area contributed by atoms with E-state index in [-0.39, 0.29) is 17.9 Å². The topological polar surface area (TPSA) is 154 Å². The van der Waals surface area contributed by atoms with Crippen molar-refractivity contribution >= 4 is 29.3 Å². The van der Waals surface area contributed by atoms with Crippen molar-refractivity contribution in [3.63, 3.8) is 0 Å². The predicted octanol–water partition coefficient (Wildman–Crippen LogP) is 4.43. The fourth-order valence-electron chi connectivity index (χ4n) is 3.47. The van der Waals surface area contributed by atoms with E-state index >= 15 is 0 Å². The number of aliphatic carboxylic acids is 1. The molecule has 0 spiro atoms. The predicted molar refractivity (Wildman–Crippen MR) is 136 cm³/mol. The molecule has 0 aliphatic heterocycles. The number of carbonyl (C=O) groups excluding carboxylic acids is 2. The van der Waals surface area contributed by atoms with E-state index in [0.29, 0.717) is 28.2 Å². The van der Waals surface area contributed by atoms with E-state index in [4.69, 9.17) is 4.52 Å². The van der Waals surface area contributed by atoms with Gasteiger partial charge in [0.2, 0.25) is 5.76 Å². The average molecular weight is 501 g/mol. The van der Waals surface area contributed by atoms with E-state index in [1.807, 2.05) is 31.2 Å². The van der Waals surface area contributed by atoms with Crippen LogP contribution in [-0.2, 0) is 11.2 Å². The number of benzene rings is 3. The van der Waals surface area contributed by atoms with E-state index in [9.17, 15) is 24.6 Å². The zero-order valence-electron chi connectivity index (χ0n) is 19.8. The Kier molecular flexibility index (Phi) is 7.48. The van der Waals surface area contributed by atoms with Crippen LogP contribution in [0.2, 0.25) is 0 Å². The van der Waals surface area contributed by atoms with E-state index < -0.39 is 23.9 Å². The zero-order chi connectivity index (χ0) is 26.4. The molecule has 5 N–H and O–H groups in total. The number of phenols is 1. The third kappa shape index (κ3) is 6.73. The molecule has 4 rings (SSSR count). The second kappa shape index (κ2) is 11.1. The van der Waals surface area contributed by atoms with Crippen LogP contribution in [0.25, 0.3) is 11.3 Å². The number of aromatic hydroxyl groups is 1. The summed E-state index contributed by atoms with van der Waals surface area (Å²) in [6, 6.07) is 20.0. The minimum Gasteiger partial charge on any atom is -0.508 e. The van der Waals surface area contributed by atoms with Crippen LogP contribution in [0.4, 0.5) is 16.2 Å². The van der Waals surface area contributed by atoms with Crippen molar-refractivity contribution in [3.05, 3.63) is 95.7 Å². The Bertz CT molecular complexity index is 1400. The molecule has 4 aromatic rings. The van der Waals surface area contributed by atoms with Gasteiger partial charge in [-0.25, -0.2) is 9.59 Å². The maximum Gasteiger partial charge on any atom is 0.326 e. The van der Waals surface area contributed by atoms with Crippen molar-refractivity contribution in [3.8, 4) is 17.0 Å². The van der Waals surface area contributed by atoms with Gasteiger partial charge in [0.15, 0.2) is 0 Å². The molecule has 10 nitrogen and oxygen atoms in total. The molecule has 0 aliphatic rings. The summed E-state index contributed by atoms with van der Waals surface area (Å²) in [7, 11) is 0. The lowest BCUT2D eigenvalue weighted by molar-refractivity contribution is -0.139. The van der Waals surface area contributed by atoms with Crippen molar-refractivity contribution in [2.24, 2.45) is 0 Å². The molecule has 1 unspecified atom stereocenters. The van der Waals surface area contributed by atoms with Gasteiger partial charge in [-0.05, 0) is 48.9 Å². The summed E-state index contributed by atoms with van der Waals surface area (Å²) in [6.45, 7) is 1.96. The number of aromatic nitrogens is 1. The number of nitrogens with one attached hydrogen (secondary N) is 3. The number of carboxylic acids is 1. The molecular formula is C27H24N4O6. The zero-order valence-corrected chi connectivity index (χ0v) is 19.8. The van der Waals surface area contributed by atoms with Crippen molar-refractivity contribution < 1.29 is 29.1 Å². The van der Waals surface area contributed by atoms with Gasteiger partial charge in [-0.1, -0.05) is 47.1 Å². The minimum atomic E-state index is -1.21. The van der Waals surface area contributed by atoms with E-state index in [2.05, 4.69) is 21.1 Å². The summed E-state index contributed by atoms with van der Waals surface area (Å²) in [6.07, 6.45) is 0.0221. The van der Waals surface area contributed by atoms with Gasteiger partial charge < -0.3 is 30.7 Å². The summed E-state index contributed by atoms with van der Waals surface area (Å²) >= 11 is 0. The van der Waals surface area contributed by atoms with Crippen molar-refractivity contribution in [1.82, 2.24) is 10.5 Å².